The van der Waals surface area contributed by atoms with E-state index in [9.17, 15) is 0 Å². The van der Waals surface area contributed by atoms with Gasteiger partial charge in [0, 0.05) is 0 Å². The van der Waals surface area contributed by atoms with Crippen molar-refractivity contribution in [2.75, 3.05) is 6.61 Å². The van der Waals surface area contributed by atoms with Crippen molar-refractivity contribution in [2.24, 2.45) is 5.92 Å². The summed E-state index contributed by atoms with van der Waals surface area (Å²) in [6, 6.07) is 0. The van der Waals surface area contributed by atoms with Crippen LogP contribution in [0.1, 0.15) is 117 Å². The summed E-state index contributed by atoms with van der Waals surface area (Å²) in [5.74, 6) is 1.03. The van der Waals surface area contributed by atoms with Crippen molar-refractivity contribution in [3.8, 4) is 0 Å². The molecule has 0 rings (SSSR count). The van der Waals surface area contributed by atoms with Gasteiger partial charge in [-0.05, 0) is 5.92 Å². The summed E-state index contributed by atoms with van der Waals surface area (Å²) in [5, 5.41) is 0. The van der Waals surface area contributed by atoms with Gasteiger partial charge >= 0.3 is 96.8 Å². The summed E-state index contributed by atoms with van der Waals surface area (Å²) in [5.41, 5.74) is 0. The molecule has 0 saturated heterocycles. The minimum atomic E-state index is 0.982. The van der Waals surface area contributed by atoms with E-state index in [1.165, 1.54) is 126 Å². The standard InChI is InChI=1S/C20H41O.Sn/c1-3-5-16-20(17-6-4-2)18-14-12-10-8-7-9-11-13-15-19-21;/h20H,3-19H2,1-2H3;/q-1;+4. The Bertz CT molecular complexity index is 188. The molecule has 22 heavy (non-hydrogen) atoms. The summed E-state index contributed by atoms with van der Waals surface area (Å²) in [4.78, 5) is 0. The quantitative estimate of drug-likeness (QED) is 0.173. The molecule has 0 aliphatic carbocycles. The summed E-state index contributed by atoms with van der Waals surface area (Å²) in [6.45, 7) is 5.64. The first-order chi connectivity index (χ1) is 10.8. The van der Waals surface area contributed by atoms with Gasteiger partial charge in [-0.1, -0.05) is 52.4 Å². The van der Waals surface area contributed by atoms with Gasteiger partial charge in [0.15, 0.2) is 0 Å². The van der Waals surface area contributed by atoms with E-state index in [0.29, 0.717) is 0 Å². The maximum atomic E-state index is 5.17. The van der Waals surface area contributed by atoms with Crippen LogP contribution in [0.25, 0.3) is 0 Å². The van der Waals surface area contributed by atoms with Crippen LogP contribution in [-0.2, 0) is 3.07 Å². The minimum absolute atomic E-state index is 0.982. The molecule has 0 aromatic rings. The molecule has 2 heteroatoms. The molecule has 0 amide bonds. The number of hydrogen-bond donors (Lipinski definition) is 0. The second-order valence-electron chi connectivity index (χ2n) is 6.97. The van der Waals surface area contributed by atoms with Crippen molar-refractivity contribution in [3.63, 3.8) is 0 Å². The SMILES string of the molecule is CCCCC(CCCC)CCCCCCCCCCC[O][Sn+3]. The van der Waals surface area contributed by atoms with Gasteiger partial charge in [-0.3, -0.25) is 0 Å². The van der Waals surface area contributed by atoms with Gasteiger partial charge < -0.3 is 0 Å². The molecular formula is C20H41OSn+3. The van der Waals surface area contributed by atoms with Crippen LogP contribution in [0.3, 0.4) is 0 Å². The van der Waals surface area contributed by atoms with E-state index in [-0.39, 0.29) is 0 Å². The topological polar surface area (TPSA) is 9.23 Å². The average Bonchev–Trinajstić information content (AvgIpc) is 2.54. The number of unbranched alkanes of at least 4 members (excludes halogenated alkanes) is 10. The van der Waals surface area contributed by atoms with Crippen molar-refractivity contribution >= 4 is 22.9 Å². The second kappa shape index (κ2) is 19.8. The fraction of sp³-hybridized carbons (Fsp3) is 1.00. The van der Waals surface area contributed by atoms with E-state index >= 15 is 0 Å². The van der Waals surface area contributed by atoms with Gasteiger partial charge in [-0.15, -0.1) is 0 Å². The average molecular weight is 416 g/mol. The molecule has 0 heterocycles. The zero-order valence-corrected chi connectivity index (χ0v) is 18.4. The van der Waals surface area contributed by atoms with Gasteiger partial charge in [-0.2, -0.15) is 0 Å². The molecule has 0 fully saturated rings. The van der Waals surface area contributed by atoms with E-state index in [1.807, 2.05) is 0 Å². The summed E-state index contributed by atoms with van der Waals surface area (Å²) in [6.07, 6.45) is 22.9. The van der Waals surface area contributed by atoms with Crippen LogP contribution in [0.15, 0.2) is 0 Å². The normalized spacial score (nSPS) is 11.5. The van der Waals surface area contributed by atoms with Crippen LogP contribution < -0.4 is 0 Å². The number of hydrogen-bond acceptors (Lipinski definition) is 1. The van der Waals surface area contributed by atoms with Crippen LogP contribution in [0.4, 0.5) is 0 Å². The predicted octanol–water partition coefficient (Wildman–Crippen LogP) is 6.98. The third kappa shape index (κ3) is 17.1. The molecule has 0 saturated carbocycles. The zero-order valence-electron chi connectivity index (χ0n) is 15.5. The summed E-state index contributed by atoms with van der Waals surface area (Å²) >= 11 is 1.22. The van der Waals surface area contributed by atoms with Crippen molar-refractivity contribution in [1.29, 1.82) is 0 Å². The van der Waals surface area contributed by atoms with E-state index in [2.05, 4.69) is 13.8 Å². The van der Waals surface area contributed by atoms with E-state index in [0.717, 1.165) is 12.5 Å². The van der Waals surface area contributed by atoms with Crippen LogP contribution in [-0.4, -0.2) is 29.5 Å². The Hall–Kier alpha value is 0.759. The maximum absolute atomic E-state index is 5.17. The fourth-order valence-corrected chi connectivity index (χ4v) is 3.68. The summed E-state index contributed by atoms with van der Waals surface area (Å²) < 4.78 is 5.17. The molecule has 0 bridgehead atoms. The Kier molecular flexibility index (Phi) is 20.5. The molecule has 128 valence electrons. The summed E-state index contributed by atoms with van der Waals surface area (Å²) in [7, 11) is 0. The van der Waals surface area contributed by atoms with Crippen molar-refractivity contribution in [2.45, 2.75) is 117 Å². The first-order valence-corrected chi connectivity index (χ1v) is 11.3. The van der Waals surface area contributed by atoms with Crippen molar-refractivity contribution in [3.05, 3.63) is 0 Å². The molecule has 0 spiro atoms. The Balaban J connectivity index is 3.33. The van der Waals surface area contributed by atoms with Crippen LogP contribution >= 0.6 is 0 Å². The van der Waals surface area contributed by atoms with Gasteiger partial charge in [0.2, 0.25) is 0 Å². The zero-order chi connectivity index (χ0) is 16.3. The molecule has 1 nitrogen and oxygen atoms in total. The van der Waals surface area contributed by atoms with E-state index in [1.54, 1.807) is 0 Å². The van der Waals surface area contributed by atoms with Gasteiger partial charge in [0.05, 0.1) is 0 Å². The van der Waals surface area contributed by atoms with Gasteiger partial charge in [0.25, 0.3) is 0 Å². The third-order valence-corrected chi connectivity index (χ3v) is 5.37. The molecule has 0 aliphatic rings. The van der Waals surface area contributed by atoms with Crippen LogP contribution in [0, 0.1) is 5.92 Å². The third-order valence-electron chi connectivity index (χ3n) is 4.79. The molecule has 0 aromatic carbocycles. The van der Waals surface area contributed by atoms with Gasteiger partial charge in [-0.25, -0.2) is 0 Å². The Morgan fingerprint density at radius 1 is 0.591 bits per heavy atom. The predicted molar refractivity (Wildman–Crippen MR) is 100 cm³/mol. The first kappa shape index (κ1) is 22.8. The van der Waals surface area contributed by atoms with Crippen LogP contribution in [0.2, 0.25) is 0 Å². The van der Waals surface area contributed by atoms with E-state index in [4.69, 9.17) is 3.07 Å². The number of rotatable bonds is 18. The molecule has 0 unspecified atom stereocenters. The molecule has 0 atom stereocenters. The molecule has 0 N–H and O–H groups in total. The molecule has 0 aromatic heterocycles. The van der Waals surface area contributed by atoms with E-state index < -0.39 is 0 Å². The van der Waals surface area contributed by atoms with Crippen molar-refractivity contribution in [1.82, 2.24) is 0 Å². The second-order valence-corrected chi connectivity index (χ2v) is 7.79. The molecular weight excluding hydrogens is 375 g/mol. The van der Waals surface area contributed by atoms with Crippen molar-refractivity contribution < 1.29 is 3.07 Å². The molecule has 0 aliphatic heterocycles. The van der Waals surface area contributed by atoms with Crippen LogP contribution in [0.5, 0.6) is 0 Å². The first-order valence-electron chi connectivity index (χ1n) is 10.1. The monoisotopic (exact) mass is 417 g/mol. The Morgan fingerprint density at radius 2 is 1.00 bits per heavy atom. The Morgan fingerprint density at radius 3 is 1.45 bits per heavy atom. The van der Waals surface area contributed by atoms with Gasteiger partial charge in [0.1, 0.15) is 0 Å². The fourth-order valence-electron chi connectivity index (χ4n) is 3.26. The molecule has 0 radical (unpaired) electrons. The Labute approximate surface area is 155 Å².